The number of Topliss-reactive ketones (excluding diaryl/α,β-unsaturated/α-hetero) is 2. The van der Waals surface area contributed by atoms with Crippen LogP contribution in [0.3, 0.4) is 0 Å². The van der Waals surface area contributed by atoms with Crippen molar-refractivity contribution in [2.45, 2.75) is 141 Å². The van der Waals surface area contributed by atoms with Gasteiger partial charge in [-0.3, -0.25) is 9.59 Å². The summed E-state index contributed by atoms with van der Waals surface area (Å²) in [6.45, 7) is 4.52. The fraction of sp³-hybridized carbons (Fsp3) is 0.355. The van der Waals surface area contributed by atoms with E-state index in [-0.39, 0.29) is 11.1 Å². The van der Waals surface area contributed by atoms with Crippen molar-refractivity contribution in [1.82, 2.24) is 0 Å². The lowest BCUT2D eigenvalue weighted by Crippen LogP contribution is -2.36. The highest BCUT2D eigenvalue weighted by Gasteiger charge is 2.57. The second-order valence-electron chi connectivity index (χ2n) is 18.9. The first-order valence-corrected chi connectivity index (χ1v) is 25.2. The Kier molecular flexibility index (Phi) is 15.4. The van der Waals surface area contributed by atoms with Crippen LogP contribution < -0.4 is 0 Å². The quantitative estimate of drug-likeness (QED) is 0.0526. The number of unbranched alkanes of at least 4 members (excludes halogenated alkanes) is 14. The Morgan fingerprint density at radius 1 is 0.348 bits per heavy atom. The van der Waals surface area contributed by atoms with Crippen molar-refractivity contribution < 1.29 is 19.8 Å². The van der Waals surface area contributed by atoms with Crippen LogP contribution in [0.2, 0.25) is 0 Å². The van der Waals surface area contributed by atoms with E-state index in [0.29, 0.717) is 33.4 Å². The van der Waals surface area contributed by atoms with Gasteiger partial charge in [0.25, 0.3) is 0 Å². The molecule has 6 aromatic carbocycles. The number of aryl methyl sites for hydroxylation is 2. The molecule has 0 saturated carbocycles. The number of aliphatic hydroxyl groups is 2. The van der Waals surface area contributed by atoms with Crippen molar-refractivity contribution in [2.24, 2.45) is 0 Å². The average Bonchev–Trinajstić information content (AvgIpc) is 3.72. The molecule has 6 aromatic rings. The van der Waals surface area contributed by atoms with E-state index in [1.807, 2.05) is 48.5 Å². The zero-order valence-electron chi connectivity index (χ0n) is 39.3. The van der Waals surface area contributed by atoms with Gasteiger partial charge in [-0.2, -0.15) is 0 Å². The van der Waals surface area contributed by atoms with Gasteiger partial charge in [-0.1, -0.05) is 249 Å². The van der Waals surface area contributed by atoms with E-state index in [0.717, 1.165) is 35.1 Å². The van der Waals surface area contributed by atoms with E-state index >= 15 is 0 Å². The minimum atomic E-state index is -2.01. The van der Waals surface area contributed by atoms with Gasteiger partial charge >= 0.3 is 0 Å². The third-order valence-corrected chi connectivity index (χ3v) is 14.4. The second-order valence-corrected chi connectivity index (χ2v) is 18.9. The predicted octanol–water partition coefficient (Wildman–Crippen LogP) is 15.2. The highest BCUT2D eigenvalue weighted by Crippen LogP contribution is 2.55. The van der Waals surface area contributed by atoms with Crippen molar-refractivity contribution in [1.29, 1.82) is 0 Å². The van der Waals surface area contributed by atoms with Gasteiger partial charge in [-0.15, -0.1) is 0 Å². The molecule has 8 rings (SSSR count). The van der Waals surface area contributed by atoms with Crippen LogP contribution in [0.1, 0.15) is 171 Å². The van der Waals surface area contributed by atoms with E-state index in [2.05, 4.69) is 62.4 Å². The summed E-state index contributed by atoms with van der Waals surface area (Å²) in [7, 11) is 0. The van der Waals surface area contributed by atoms with E-state index in [1.54, 1.807) is 48.5 Å². The van der Waals surface area contributed by atoms with Crippen LogP contribution in [0.15, 0.2) is 157 Å². The van der Waals surface area contributed by atoms with Crippen LogP contribution >= 0.6 is 0 Å². The molecule has 0 spiro atoms. The summed E-state index contributed by atoms with van der Waals surface area (Å²) < 4.78 is 0. The van der Waals surface area contributed by atoms with E-state index < -0.39 is 22.8 Å². The van der Waals surface area contributed by atoms with Crippen LogP contribution in [0.4, 0.5) is 0 Å². The van der Waals surface area contributed by atoms with Gasteiger partial charge in [-0.05, 0) is 70.2 Å². The highest BCUT2D eigenvalue weighted by atomic mass is 16.3. The number of carbonyl (C=O) groups is 2. The van der Waals surface area contributed by atoms with Crippen molar-refractivity contribution >= 4 is 11.6 Å². The van der Waals surface area contributed by atoms with E-state index in [4.69, 9.17) is 0 Å². The molecule has 66 heavy (non-hydrogen) atoms. The molecule has 0 aromatic heterocycles. The number of benzene rings is 6. The summed E-state index contributed by atoms with van der Waals surface area (Å²) in [5.41, 5.74) is 4.80. The molecule has 0 aliphatic heterocycles. The molecule has 2 atom stereocenters. The molecule has 0 amide bonds. The Morgan fingerprint density at radius 3 is 0.970 bits per heavy atom. The molecule has 2 N–H and O–H groups in total. The normalized spacial score (nSPS) is 18.8. The molecule has 0 heterocycles. The van der Waals surface area contributed by atoms with Crippen LogP contribution in [-0.4, -0.2) is 21.8 Å². The molecule has 0 unspecified atom stereocenters. The summed E-state index contributed by atoms with van der Waals surface area (Å²) in [6.07, 6.45) is 23.0. The molecule has 0 bridgehead atoms. The van der Waals surface area contributed by atoms with Gasteiger partial charge in [-0.25, -0.2) is 0 Å². The fourth-order valence-electron chi connectivity index (χ4n) is 10.5. The van der Waals surface area contributed by atoms with Crippen LogP contribution in [0.5, 0.6) is 0 Å². The highest BCUT2D eigenvalue weighted by molar-refractivity contribution is 6.25. The number of fused-ring (bicyclic) bond motifs is 2. The third-order valence-electron chi connectivity index (χ3n) is 14.4. The summed E-state index contributed by atoms with van der Waals surface area (Å²) in [6, 6.07) is 46.7. The number of hydrogen-bond acceptors (Lipinski definition) is 4. The summed E-state index contributed by atoms with van der Waals surface area (Å²) in [5, 5.41) is 26.5. The first-order valence-electron chi connectivity index (χ1n) is 25.2. The molecule has 0 fully saturated rings. The van der Waals surface area contributed by atoms with Crippen LogP contribution in [-0.2, 0) is 24.0 Å². The summed E-state index contributed by atoms with van der Waals surface area (Å²) in [5.74, 6) is -0.940. The maximum absolute atomic E-state index is 14.8. The maximum atomic E-state index is 14.8. The van der Waals surface area contributed by atoms with Crippen molar-refractivity contribution in [3.63, 3.8) is 0 Å². The number of carbonyl (C=O) groups excluding carboxylic acids is 2. The lowest BCUT2D eigenvalue weighted by Gasteiger charge is -2.32. The van der Waals surface area contributed by atoms with Crippen LogP contribution in [0, 0.1) is 0 Å². The first kappa shape index (κ1) is 46.8. The van der Waals surface area contributed by atoms with Gasteiger partial charge in [0.05, 0.1) is 11.1 Å². The molecule has 2 aliphatic rings. The Hall–Kier alpha value is -5.68. The molecule has 4 heteroatoms. The Labute approximate surface area is 393 Å². The zero-order valence-corrected chi connectivity index (χ0v) is 39.3. The average molecular weight is 877 g/mol. The van der Waals surface area contributed by atoms with Gasteiger partial charge in [0, 0.05) is 22.3 Å². The van der Waals surface area contributed by atoms with E-state index in [1.165, 1.54) is 114 Å². The summed E-state index contributed by atoms with van der Waals surface area (Å²) >= 11 is 0. The van der Waals surface area contributed by atoms with Gasteiger partial charge in [0.2, 0.25) is 0 Å². The third kappa shape index (κ3) is 9.73. The second kappa shape index (κ2) is 21.7. The van der Waals surface area contributed by atoms with Gasteiger partial charge in [0.1, 0.15) is 11.2 Å². The van der Waals surface area contributed by atoms with Gasteiger partial charge in [0.15, 0.2) is 11.6 Å². The van der Waals surface area contributed by atoms with Crippen molar-refractivity contribution in [3.8, 4) is 22.3 Å². The largest absolute Gasteiger partial charge is 0.376 e. The zero-order chi connectivity index (χ0) is 45.9. The molecule has 340 valence electrons. The number of ketones is 2. The van der Waals surface area contributed by atoms with Crippen LogP contribution in [0.25, 0.3) is 22.3 Å². The fourth-order valence-corrected chi connectivity index (χ4v) is 10.5. The molecule has 4 nitrogen and oxygen atoms in total. The lowest BCUT2D eigenvalue weighted by atomic mass is 9.75. The standard InChI is InChI=1S/C62H68O4/c1-3-5-7-9-11-13-15-17-23-45-29-33-47(34-30-45)49-37-41-51(42-38-49)61(65)55-27-21-19-25-53(55)59(63)57(61)58-60(64)54-26-20-22-28-56(54)62(58,66)52-43-39-50(40-44-52)48-35-31-46(32-36-48)24-18-16-14-12-10-8-6-4-2/h19-22,25-44,65-66H,3-18,23-24H2,1-2H3/b58-57+/t61-,62-/m1/s1. The Bertz CT molecular complexity index is 2420. The van der Waals surface area contributed by atoms with Gasteiger partial charge < -0.3 is 10.2 Å². The molecule has 2 aliphatic carbocycles. The Balaban J connectivity index is 1.05. The number of rotatable bonds is 22. The molecular weight excluding hydrogens is 809 g/mol. The minimum absolute atomic E-state index is 0.110. The first-order chi connectivity index (χ1) is 32.3. The maximum Gasteiger partial charge on any atom is 0.193 e. The number of hydrogen-bond donors (Lipinski definition) is 2. The minimum Gasteiger partial charge on any atom is -0.376 e. The monoisotopic (exact) mass is 877 g/mol. The molecule has 0 radical (unpaired) electrons. The SMILES string of the molecule is CCCCCCCCCCc1ccc(-c2ccc([C@]3(O)/C(=C4\C(=O)c5ccccc5[C@]4(O)c4ccc(-c5ccc(CCCCCCCCCC)cc5)cc4)C(=O)c4ccccc43)cc2)cc1. The molecule has 0 saturated heterocycles. The summed E-state index contributed by atoms with van der Waals surface area (Å²) in [4.78, 5) is 29.6. The van der Waals surface area contributed by atoms with E-state index in [9.17, 15) is 19.8 Å². The Morgan fingerprint density at radius 2 is 0.636 bits per heavy atom. The predicted molar refractivity (Wildman–Crippen MR) is 271 cm³/mol. The molecular formula is C62H68O4. The van der Waals surface area contributed by atoms with Crippen molar-refractivity contribution in [3.05, 3.63) is 201 Å². The lowest BCUT2D eigenvalue weighted by molar-refractivity contribution is 0.0803. The smallest absolute Gasteiger partial charge is 0.193 e. The topological polar surface area (TPSA) is 74.6 Å². The van der Waals surface area contributed by atoms with Crippen molar-refractivity contribution in [2.75, 3.05) is 0 Å².